The number of carbonyl (C=O) groups is 3. The van der Waals surface area contributed by atoms with Gasteiger partial charge in [0.25, 0.3) is 0 Å². The van der Waals surface area contributed by atoms with Crippen LogP contribution in [-0.4, -0.2) is 63.5 Å². The summed E-state index contributed by atoms with van der Waals surface area (Å²) < 4.78 is 15.3. The molecule has 1 saturated carbocycles. The quantitative estimate of drug-likeness (QED) is 0.232. The topological polar surface area (TPSA) is 116 Å². The monoisotopic (exact) mass is 475 g/mol. The van der Waals surface area contributed by atoms with E-state index in [-0.39, 0.29) is 49.1 Å². The van der Waals surface area contributed by atoms with Gasteiger partial charge < -0.3 is 10.2 Å². The van der Waals surface area contributed by atoms with Gasteiger partial charge in [0.1, 0.15) is 5.82 Å². The van der Waals surface area contributed by atoms with Crippen molar-refractivity contribution in [2.75, 3.05) is 20.1 Å². The standard InChI is InChI=1S/C24H34FN5O4/c1-16-27-20(12-18-9-5-6-10-29(2)24(18)33)22(25)21(28-16)13-26-23(32)19(14-30(34)15-31)11-17-7-3-4-8-17/h5-6,15,17-19,34H,3-4,7-14H2,1-2H3,(H,26,32)/t18-,19-/m1/s1. The summed E-state index contributed by atoms with van der Waals surface area (Å²) in [6.07, 6.45) is 9.58. The van der Waals surface area contributed by atoms with Crippen LogP contribution in [0.4, 0.5) is 4.39 Å². The van der Waals surface area contributed by atoms with Crippen molar-refractivity contribution >= 4 is 18.2 Å². The lowest BCUT2D eigenvalue weighted by molar-refractivity contribution is -0.155. The van der Waals surface area contributed by atoms with Crippen molar-refractivity contribution in [1.82, 2.24) is 25.2 Å². The molecule has 34 heavy (non-hydrogen) atoms. The maximum atomic E-state index is 15.3. The van der Waals surface area contributed by atoms with Crippen LogP contribution in [0.15, 0.2) is 12.2 Å². The van der Waals surface area contributed by atoms with Crippen molar-refractivity contribution in [1.29, 1.82) is 0 Å². The Kier molecular flexibility index (Phi) is 9.09. The van der Waals surface area contributed by atoms with Crippen LogP contribution in [0.3, 0.4) is 0 Å². The van der Waals surface area contributed by atoms with E-state index in [1.807, 2.05) is 12.2 Å². The zero-order valence-electron chi connectivity index (χ0n) is 19.9. The Balaban J connectivity index is 1.69. The first-order valence-electron chi connectivity index (χ1n) is 11.9. The maximum absolute atomic E-state index is 15.3. The summed E-state index contributed by atoms with van der Waals surface area (Å²) >= 11 is 0. The molecule has 0 aromatic carbocycles. The zero-order chi connectivity index (χ0) is 24.7. The summed E-state index contributed by atoms with van der Waals surface area (Å²) in [5.74, 6) is -1.34. The molecule has 3 amide bonds. The molecule has 186 valence electrons. The number of hydrogen-bond donors (Lipinski definition) is 2. The van der Waals surface area contributed by atoms with Crippen molar-refractivity contribution in [2.24, 2.45) is 17.8 Å². The number of hydrogen-bond acceptors (Lipinski definition) is 6. The van der Waals surface area contributed by atoms with Crippen LogP contribution in [0.2, 0.25) is 0 Å². The first-order valence-corrected chi connectivity index (χ1v) is 11.9. The van der Waals surface area contributed by atoms with Crippen LogP contribution in [0.25, 0.3) is 0 Å². The minimum atomic E-state index is -0.626. The SMILES string of the molecule is Cc1nc(CNC(=O)[C@H](CC2CCCC2)CN(O)C=O)c(F)c(C[C@H]2CC=CCN(C)C2=O)n1. The Morgan fingerprint density at radius 1 is 1.32 bits per heavy atom. The highest BCUT2D eigenvalue weighted by molar-refractivity contribution is 5.80. The number of allylic oxidation sites excluding steroid dienone is 1. The highest BCUT2D eigenvalue weighted by atomic mass is 19.1. The van der Waals surface area contributed by atoms with Gasteiger partial charge in [-0.25, -0.2) is 19.4 Å². The van der Waals surface area contributed by atoms with Crippen LogP contribution in [0, 0.1) is 30.5 Å². The Bertz CT molecular complexity index is 919. The first-order chi connectivity index (χ1) is 16.3. The highest BCUT2D eigenvalue weighted by Crippen LogP contribution is 2.30. The van der Waals surface area contributed by atoms with Gasteiger partial charge in [0.05, 0.1) is 30.4 Å². The van der Waals surface area contributed by atoms with E-state index in [4.69, 9.17) is 0 Å². The molecule has 2 heterocycles. The molecule has 2 aliphatic rings. The van der Waals surface area contributed by atoms with Gasteiger partial charge in [0.15, 0.2) is 5.82 Å². The second-order valence-corrected chi connectivity index (χ2v) is 9.33. The molecule has 10 heteroatoms. The van der Waals surface area contributed by atoms with Crippen LogP contribution in [0.1, 0.15) is 55.7 Å². The zero-order valence-corrected chi connectivity index (χ0v) is 19.9. The molecule has 1 aliphatic carbocycles. The van der Waals surface area contributed by atoms with Gasteiger partial charge in [0, 0.05) is 25.9 Å². The van der Waals surface area contributed by atoms with Crippen LogP contribution >= 0.6 is 0 Å². The second-order valence-electron chi connectivity index (χ2n) is 9.33. The van der Waals surface area contributed by atoms with E-state index in [2.05, 4.69) is 15.3 Å². The smallest absolute Gasteiger partial charge is 0.233 e. The highest BCUT2D eigenvalue weighted by Gasteiger charge is 2.28. The third-order valence-electron chi connectivity index (χ3n) is 6.65. The predicted octanol–water partition coefficient (Wildman–Crippen LogP) is 2.16. The normalized spacial score (nSPS) is 19.7. The molecule has 0 saturated heterocycles. The molecule has 0 bridgehead atoms. The van der Waals surface area contributed by atoms with E-state index in [0.717, 1.165) is 25.7 Å². The van der Waals surface area contributed by atoms with E-state index < -0.39 is 17.7 Å². The lowest BCUT2D eigenvalue weighted by Gasteiger charge is -2.22. The fourth-order valence-corrected chi connectivity index (χ4v) is 4.83. The molecule has 2 atom stereocenters. The molecule has 0 radical (unpaired) electrons. The maximum Gasteiger partial charge on any atom is 0.233 e. The van der Waals surface area contributed by atoms with E-state index in [1.165, 1.54) is 0 Å². The fraction of sp³-hybridized carbons (Fsp3) is 0.625. The Labute approximate surface area is 199 Å². The second kappa shape index (κ2) is 12.0. The molecule has 1 aliphatic heterocycles. The Hall–Kier alpha value is -2.88. The van der Waals surface area contributed by atoms with Gasteiger partial charge in [-0.05, 0) is 25.7 Å². The summed E-state index contributed by atoms with van der Waals surface area (Å²) in [7, 11) is 1.72. The third kappa shape index (κ3) is 6.82. The number of likely N-dealkylation sites (N-methyl/N-ethyl adjacent to an activating group) is 1. The number of aryl methyl sites for hydroxylation is 1. The summed E-state index contributed by atoms with van der Waals surface area (Å²) in [5, 5.41) is 12.8. The lowest BCUT2D eigenvalue weighted by Crippen LogP contribution is -2.38. The minimum absolute atomic E-state index is 0.0525. The van der Waals surface area contributed by atoms with Gasteiger partial charge >= 0.3 is 0 Å². The number of halogens is 1. The van der Waals surface area contributed by atoms with Crippen LogP contribution < -0.4 is 5.32 Å². The molecular formula is C24H34FN5O4. The molecular weight excluding hydrogens is 441 g/mol. The van der Waals surface area contributed by atoms with E-state index in [1.54, 1.807) is 18.9 Å². The molecule has 0 spiro atoms. The largest absolute Gasteiger partial charge is 0.350 e. The van der Waals surface area contributed by atoms with E-state index >= 15 is 4.39 Å². The molecule has 0 unspecified atom stereocenters. The number of aromatic nitrogens is 2. The van der Waals surface area contributed by atoms with Crippen molar-refractivity contribution in [3.05, 3.63) is 35.2 Å². The molecule has 1 aromatic rings. The van der Waals surface area contributed by atoms with Crippen LogP contribution in [0.5, 0.6) is 0 Å². The predicted molar refractivity (Wildman–Crippen MR) is 122 cm³/mol. The van der Waals surface area contributed by atoms with Gasteiger partial charge in [-0.3, -0.25) is 19.6 Å². The summed E-state index contributed by atoms with van der Waals surface area (Å²) in [6.45, 7) is 1.90. The van der Waals surface area contributed by atoms with Gasteiger partial charge in [-0.15, -0.1) is 0 Å². The fourth-order valence-electron chi connectivity index (χ4n) is 4.83. The molecule has 9 nitrogen and oxygen atoms in total. The molecule has 1 aromatic heterocycles. The van der Waals surface area contributed by atoms with Gasteiger partial charge in [-0.1, -0.05) is 37.8 Å². The van der Waals surface area contributed by atoms with Crippen molar-refractivity contribution in [3.8, 4) is 0 Å². The van der Waals surface area contributed by atoms with E-state index in [0.29, 0.717) is 36.2 Å². The van der Waals surface area contributed by atoms with E-state index in [9.17, 15) is 19.6 Å². The Morgan fingerprint density at radius 3 is 2.74 bits per heavy atom. The van der Waals surface area contributed by atoms with Gasteiger partial charge in [0.2, 0.25) is 18.2 Å². The Morgan fingerprint density at radius 2 is 2.03 bits per heavy atom. The average molecular weight is 476 g/mol. The molecule has 2 N–H and O–H groups in total. The number of nitrogens with zero attached hydrogens (tertiary/aromatic N) is 4. The lowest BCUT2D eigenvalue weighted by atomic mass is 9.92. The number of hydroxylamine groups is 2. The van der Waals surface area contributed by atoms with Crippen molar-refractivity contribution in [2.45, 2.75) is 58.4 Å². The first kappa shape index (κ1) is 25.7. The molecule has 3 rings (SSSR count). The van der Waals surface area contributed by atoms with Gasteiger partial charge in [-0.2, -0.15) is 0 Å². The number of nitrogens with one attached hydrogen (secondary N) is 1. The van der Waals surface area contributed by atoms with Crippen LogP contribution in [-0.2, 0) is 27.3 Å². The number of amides is 3. The van der Waals surface area contributed by atoms with Crippen molar-refractivity contribution in [3.63, 3.8) is 0 Å². The summed E-state index contributed by atoms with van der Waals surface area (Å²) in [5.41, 5.74) is 0.209. The average Bonchev–Trinajstić information content (AvgIpc) is 3.28. The third-order valence-corrected chi connectivity index (χ3v) is 6.65. The van der Waals surface area contributed by atoms with Crippen molar-refractivity contribution < 1.29 is 24.0 Å². The number of carbonyl (C=O) groups excluding carboxylic acids is 3. The number of rotatable bonds is 10. The summed E-state index contributed by atoms with van der Waals surface area (Å²) in [4.78, 5) is 46.3. The summed E-state index contributed by atoms with van der Waals surface area (Å²) in [6, 6.07) is 0. The molecule has 1 fully saturated rings. The minimum Gasteiger partial charge on any atom is -0.350 e.